The molecule has 0 fully saturated rings. The Kier molecular flexibility index (Phi) is 7.79. The highest BCUT2D eigenvalue weighted by Crippen LogP contribution is 2.44. The third kappa shape index (κ3) is 5.69. The van der Waals surface area contributed by atoms with Gasteiger partial charge in [-0.25, -0.2) is 9.97 Å². The molecule has 8 aromatic rings. The summed E-state index contributed by atoms with van der Waals surface area (Å²) in [6, 6.07) is 58.3. The van der Waals surface area contributed by atoms with E-state index < -0.39 is 0 Å². The van der Waals surface area contributed by atoms with E-state index in [1.54, 1.807) is 0 Å². The second kappa shape index (κ2) is 13.0. The van der Waals surface area contributed by atoms with Gasteiger partial charge < -0.3 is 5.32 Å². The van der Waals surface area contributed by atoms with Gasteiger partial charge in [-0.2, -0.15) is 6.20 Å². The van der Waals surface area contributed by atoms with Gasteiger partial charge in [0.2, 0.25) is 0 Å². The van der Waals surface area contributed by atoms with Crippen LogP contribution in [0, 0.1) is 0 Å². The molecule has 1 unspecified atom stereocenters. The molecule has 0 bridgehead atoms. The monoisotopic (exact) mass is 652 g/mol. The predicted octanol–water partition coefficient (Wildman–Crippen LogP) is 12.8. The normalized spacial score (nSPS) is 14.0. The number of fused-ring (bicyclic) bond motifs is 3. The molecule has 0 N–H and O–H groups in total. The highest BCUT2D eigenvalue weighted by atomic mass is 14.9. The number of nitrogens with zero attached hydrogens (tertiary/aromatic N) is 3. The van der Waals surface area contributed by atoms with Gasteiger partial charge in [0.25, 0.3) is 0 Å². The number of aromatic nitrogens is 2. The molecule has 0 amide bonds. The summed E-state index contributed by atoms with van der Waals surface area (Å²) >= 11 is 0. The fraction of sp³-hybridized carbons (Fsp3) is 0.0417. The van der Waals surface area contributed by atoms with Crippen LogP contribution in [0.25, 0.3) is 88.6 Å². The zero-order chi connectivity index (χ0) is 34.1. The van der Waals surface area contributed by atoms with Gasteiger partial charge in [0, 0.05) is 16.7 Å². The van der Waals surface area contributed by atoms with Crippen LogP contribution in [-0.2, 0) is 0 Å². The number of hydrogen-bond acceptors (Lipinski definition) is 2. The lowest BCUT2D eigenvalue weighted by atomic mass is 9.85. The fourth-order valence-electron chi connectivity index (χ4n) is 7.33. The van der Waals surface area contributed by atoms with Crippen LogP contribution in [0.2, 0.25) is 0 Å². The zero-order valence-corrected chi connectivity index (χ0v) is 28.2. The molecule has 0 aliphatic carbocycles. The maximum absolute atomic E-state index is 5.16. The smallest absolute Gasteiger partial charge is 0.160 e. The summed E-state index contributed by atoms with van der Waals surface area (Å²) in [5.74, 6) is 0.696. The minimum Gasteiger partial charge on any atom is -0.684 e. The average Bonchev–Trinajstić information content (AvgIpc) is 3.21. The van der Waals surface area contributed by atoms with E-state index in [0.29, 0.717) is 5.82 Å². The molecule has 1 aliphatic rings. The molecular formula is C48H34N3-. The number of hydrogen-bond donors (Lipinski definition) is 0. The highest BCUT2D eigenvalue weighted by molar-refractivity contribution is 6.21. The molecule has 2 heterocycles. The Hall–Kier alpha value is -6.58. The molecule has 3 heteroatoms. The van der Waals surface area contributed by atoms with Crippen LogP contribution in [0.15, 0.2) is 182 Å². The average molecular weight is 653 g/mol. The van der Waals surface area contributed by atoms with Crippen molar-refractivity contribution in [2.24, 2.45) is 0 Å². The summed E-state index contributed by atoms with van der Waals surface area (Å²) in [4.78, 5) is 10.3. The molecule has 51 heavy (non-hydrogen) atoms. The Morgan fingerprint density at radius 3 is 1.43 bits per heavy atom. The van der Waals surface area contributed by atoms with Crippen LogP contribution >= 0.6 is 0 Å². The first-order valence-electron chi connectivity index (χ1n) is 17.4. The summed E-state index contributed by atoms with van der Waals surface area (Å²) in [5.41, 5.74) is 12.1. The van der Waals surface area contributed by atoms with E-state index >= 15 is 0 Å². The van der Waals surface area contributed by atoms with Gasteiger partial charge in [-0.3, -0.25) is 0 Å². The lowest BCUT2D eigenvalue weighted by Crippen LogP contribution is -2.04. The summed E-state index contributed by atoms with van der Waals surface area (Å²) in [5, 5.41) is 9.56. The number of allylic oxidation sites excluding steroid dienone is 2. The van der Waals surface area contributed by atoms with Crippen molar-refractivity contribution in [1.29, 1.82) is 0 Å². The van der Waals surface area contributed by atoms with E-state index in [1.165, 1.54) is 49.4 Å². The maximum Gasteiger partial charge on any atom is 0.160 e. The van der Waals surface area contributed by atoms with Gasteiger partial charge in [0.1, 0.15) is 0 Å². The molecule has 0 saturated heterocycles. The Bertz CT molecular complexity index is 2580. The first-order valence-corrected chi connectivity index (χ1v) is 17.4. The van der Waals surface area contributed by atoms with Crippen molar-refractivity contribution in [2.45, 2.75) is 13.0 Å². The van der Waals surface area contributed by atoms with Crippen molar-refractivity contribution in [1.82, 2.24) is 9.97 Å². The lowest BCUT2D eigenvalue weighted by Gasteiger charge is -2.31. The number of benzene rings is 7. The molecule has 0 saturated carbocycles. The molecule has 1 aromatic heterocycles. The van der Waals surface area contributed by atoms with Crippen molar-refractivity contribution in [3.05, 3.63) is 193 Å². The SMILES string of the molecule is CC1[N-]C=CC=C1c1ccc(-c2cc(-c3ccccc3)nc(-c3ccc(-c4c(-c5ccccc5)c5ccccc5c5ccccc45)cc3)n2)cc1. The molecule has 9 rings (SSSR count). The van der Waals surface area contributed by atoms with Crippen molar-refractivity contribution >= 4 is 27.1 Å². The van der Waals surface area contributed by atoms with Crippen LogP contribution in [-0.4, -0.2) is 16.0 Å². The molecule has 7 aromatic carbocycles. The van der Waals surface area contributed by atoms with Gasteiger partial charge in [0.05, 0.1) is 11.4 Å². The minimum absolute atomic E-state index is 0.135. The first kappa shape index (κ1) is 30.5. The Balaban J connectivity index is 1.17. The van der Waals surface area contributed by atoms with Crippen molar-refractivity contribution < 1.29 is 0 Å². The molecule has 0 radical (unpaired) electrons. The van der Waals surface area contributed by atoms with Gasteiger partial charge >= 0.3 is 0 Å². The van der Waals surface area contributed by atoms with Gasteiger partial charge in [-0.05, 0) is 55.4 Å². The molecular weight excluding hydrogens is 619 g/mol. The first-order chi connectivity index (χ1) is 25.2. The molecule has 242 valence electrons. The summed E-state index contributed by atoms with van der Waals surface area (Å²) < 4.78 is 0. The van der Waals surface area contributed by atoms with Crippen LogP contribution in [0.1, 0.15) is 12.5 Å². The van der Waals surface area contributed by atoms with Gasteiger partial charge in [-0.1, -0.05) is 188 Å². The van der Waals surface area contributed by atoms with Crippen LogP contribution in [0.4, 0.5) is 0 Å². The summed E-state index contributed by atoms with van der Waals surface area (Å²) in [6.45, 7) is 2.13. The quantitative estimate of drug-likeness (QED) is 0.168. The Morgan fingerprint density at radius 1 is 0.431 bits per heavy atom. The van der Waals surface area contributed by atoms with E-state index in [9.17, 15) is 0 Å². The van der Waals surface area contributed by atoms with Crippen LogP contribution in [0.5, 0.6) is 0 Å². The molecule has 1 atom stereocenters. The molecule has 1 aliphatic heterocycles. The van der Waals surface area contributed by atoms with Crippen molar-refractivity contribution in [3.8, 4) is 56.2 Å². The Labute approximate surface area is 298 Å². The van der Waals surface area contributed by atoms with Crippen molar-refractivity contribution in [3.63, 3.8) is 0 Å². The third-order valence-corrected chi connectivity index (χ3v) is 9.86. The van der Waals surface area contributed by atoms with Crippen LogP contribution < -0.4 is 0 Å². The summed E-state index contributed by atoms with van der Waals surface area (Å²) in [7, 11) is 0. The lowest BCUT2D eigenvalue weighted by molar-refractivity contribution is 1.06. The topological polar surface area (TPSA) is 39.9 Å². The minimum atomic E-state index is 0.135. The van der Waals surface area contributed by atoms with E-state index in [1.807, 2.05) is 18.3 Å². The standard InChI is InChI=1S/C48H34N3/c1-32-39(21-12-30-49-32)33-22-24-35(25-23-33)45-31-44(34-13-4-2-5-14-34)50-48(51-45)38-28-26-37(27-29-38)47-43-20-11-9-18-41(43)40-17-8-10-19-42(40)46(47)36-15-6-3-7-16-36/h2-32H,1H3/q-1. The van der Waals surface area contributed by atoms with Crippen molar-refractivity contribution in [2.75, 3.05) is 0 Å². The largest absolute Gasteiger partial charge is 0.684 e. The predicted molar refractivity (Wildman–Crippen MR) is 214 cm³/mol. The number of rotatable bonds is 6. The van der Waals surface area contributed by atoms with E-state index in [4.69, 9.17) is 9.97 Å². The maximum atomic E-state index is 5.16. The molecule has 0 spiro atoms. The second-order valence-electron chi connectivity index (χ2n) is 13.0. The van der Waals surface area contributed by atoms with Gasteiger partial charge in [0.15, 0.2) is 5.82 Å². The van der Waals surface area contributed by atoms with Crippen LogP contribution in [0.3, 0.4) is 0 Å². The van der Waals surface area contributed by atoms with E-state index in [-0.39, 0.29) is 6.04 Å². The highest BCUT2D eigenvalue weighted by Gasteiger charge is 2.18. The van der Waals surface area contributed by atoms with E-state index in [0.717, 1.165) is 33.6 Å². The summed E-state index contributed by atoms with van der Waals surface area (Å²) in [6.07, 6.45) is 6.02. The zero-order valence-electron chi connectivity index (χ0n) is 28.2. The van der Waals surface area contributed by atoms with Gasteiger partial charge in [-0.15, -0.1) is 0 Å². The fourth-order valence-corrected chi connectivity index (χ4v) is 7.33. The molecule has 3 nitrogen and oxygen atoms in total. The van der Waals surface area contributed by atoms with E-state index in [2.05, 4.69) is 176 Å². The second-order valence-corrected chi connectivity index (χ2v) is 13.0. The third-order valence-electron chi connectivity index (χ3n) is 9.86. The Morgan fingerprint density at radius 2 is 0.863 bits per heavy atom.